The Morgan fingerprint density at radius 2 is 1.23 bits per heavy atom. The molecule has 0 aromatic rings. The van der Waals surface area contributed by atoms with E-state index in [9.17, 15) is 35.1 Å². The van der Waals surface area contributed by atoms with Gasteiger partial charge in [-0.2, -0.15) is 8.78 Å². The lowest BCUT2D eigenvalue weighted by atomic mass is 9.68. The van der Waals surface area contributed by atoms with Crippen LogP contribution in [0, 0.1) is 23.7 Å². The van der Waals surface area contributed by atoms with Crippen LogP contribution in [0.15, 0.2) is 0 Å². The fourth-order valence-electron chi connectivity index (χ4n) is 5.52. The maximum atomic E-state index is 14.7. The molecule has 0 bridgehead atoms. The summed E-state index contributed by atoms with van der Waals surface area (Å²) in [5, 5.41) is 0. The maximum absolute atomic E-state index is 14.7. The molecular weight excluding hydrogens is 436 g/mol. The molecule has 0 radical (unpaired) electrons. The summed E-state index contributed by atoms with van der Waals surface area (Å²) in [5.41, 5.74) is 0. The Balaban J connectivity index is 1.55. The van der Waals surface area contributed by atoms with E-state index in [-0.39, 0.29) is 31.1 Å². The van der Waals surface area contributed by atoms with Gasteiger partial charge in [0.05, 0.1) is 12.2 Å². The molecule has 0 N–H and O–H groups in total. The lowest BCUT2D eigenvalue weighted by Gasteiger charge is -2.43. The minimum Gasteiger partial charge on any atom is -0.317 e. The molecule has 0 heterocycles. The minimum absolute atomic E-state index is 0.124. The van der Waals surface area contributed by atoms with Gasteiger partial charge in [0.15, 0.2) is 0 Å². The first-order valence-corrected chi connectivity index (χ1v) is 11.1. The molecule has 31 heavy (non-hydrogen) atoms. The van der Waals surface area contributed by atoms with Crippen LogP contribution < -0.4 is 0 Å². The molecule has 0 aromatic heterocycles. The van der Waals surface area contributed by atoms with Crippen molar-refractivity contribution >= 4 is 0 Å². The van der Waals surface area contributed by atoms with Crippen LogP contribution in [0.4, 0.5) is 35.1 Å². The zero-order chi connectivity index (χ0) is 23.0. The summed E-state index contributed by atoms with van der Waals surface area (Å²) >= 11 is 0. The quantitative estimate of drug-likeness (QED) is 0.410. The van der Waals surface area contributed by atoms with Crippen LogP contribution in [-0.4, -0.2) is 43.2 Å². The molecule has 5 unspecified atom stereocenters. The highest BCUT2D eigenvalue weighted by Gasteiger charge is 2.56. The third-order valence-electron chi connectivity index (χ3n) is 7.22. The molecule has 0 spiro atoms. The van der Waals surface area contributed by atoms with Crippen LogP contribution in [0.1, 0.15) is 64.7 Å². The standard InChI is InChI=1S/C21H30F8O2/c1-11-2-4-12(5-3-11)13-8-16(23)19(17(24)9-13)20(25,26)30-14-6-7-18(15(22)10-14)31-21(27,28)29/h11-19H,2-10H2,1H3. The van der Waals surface area contributed by atoms with Crippen LogP contribution in [0.25, 0.3) is 0 Å². The van der Waals surface area contributed by atoms with Crippen molar-refractivity contribution < 1.29 is 44.6 Å². The normalized spacial score (nSPS) is 43.1. The summed E-state index contributed by atoms with van der Waals surface area (Å²) in [5.74, 6) is -1.91. The first kappa shape index (κ1) is 25.0. The van der Waals surface area contributed by atoms with E-state index in [0.29, 0.717) is 5.92 Å². The van der Waals surface area contributed by atoms with Gasteiger partial charge in [-0.05, 0) is 56.3 Å². The fourth-order valence-corrected chi connectivity index (χ4v) is 5.52. The summed E-state index contributed by atoms with van der Waals surface area (Å²) < 4.78 is 118. The Kier molecular flexibility index (Phi) is 7.81. The maximum Gasteiger partial charge on any atom is 0.522 e. The van der Waals surface area contributed by atoms with Crippen molar-refractivity contribution in [3.63, 3.8) is 0 Å². The Morgan fingerprint density at radius 3 is 1.74 bits per heavy atom. The average molecular weight is 466 g/mol. The molecule has 0 amide bonds. The summed E-state index contributed by atoms with van der Waals surface area (Å²) in [7, 11) is 0. The van der Waals surface area contributed by atoms with Crippen molar-refractivity contribution in [1.29, 1.82) is 0 Å². The zero-order valence-corrected chi connectivity index (χ0v) is 17.4. The van der Waals surface area contributed by atoms with Gasteiger partial charge in [-0.15, -0.1) is 13.2 Å². The summed E-state index contributed by atoms with van der Waals surface area (Å²) in [6.45, 7) is 2.12. The van der Waals surface area contributed by atoms with E-state index < -0.39 is 62.0 Å². The molecular formula is C21H30F8O2. The van der Waals surface area contributed by atoms with Gasteiger partial charge in [0.1, 0.15) is 24.4 Å². The van der Waals surface area contributed by atoms with Crippen LogP contribution in [-0.2, 0) is 9.47 Å². The number of alkyl halides is 8. The number of rotatable bonds is 5. The predicted molar refractivity (Wildman–Crippen MR) is 96.6 cm³/mol. The molecule has 0 aliphatic heterocycles. The van der Waals surface area contributed by atoms with Gasteiger partial charge >= 0.3 is 12.5 Å². The zero-order valence-electron chi connectivity index (χ0n) is 17.4. The summed E-state index contributed by atoms with van der Waals surface area (Å²) in [4.78, 5) is 0. The lowest BCUT2D eigenvalue weighted by Crippen LogP contribution is -2.51. The van der Waals surface area contributed by atoms with Crippen LogP contribution in [0.2, 0.25) is 0 Å². The van der Waals surface area contributed by atoms with Crippen LogP contribution in [0.3, 0.4) is 0 Å². The third-order valence-corrected chi connectivity index (χ3v) is 7.22. The second-order valence-electron chi connectivity index (χ2n) is 9.54. The van der Waals surface area contributed by atoms with E-state index in [1.807, 2.05) is 0 Å². The molecule has 5 atom stereocenters. The van der Waals surface area contributed by atoms with E-state index >= 15 is 0 Å². The highest BCUT2D eigenvalue weighted by atomic mass is 19.4. The smallest absolute Gasteiger partial charge is 0.317 e. The average Bonchev–Trinajstić information content (AvgIpc) is 2.62. The van der Waals surface area contributed by atoms with E-state index in [4.69, 9.17) is 0 Å². The number of hydrogen-bond donors (Lipinski definition) is 0. The highest BCUT2D eigenvalue weighted by Crippen LogP contribution is 2.48. The largest absolute Gasteiger partial charge is 0.522 e. The number of ether oxygens (including phenoxy) is 2. The molecule has 3 aliphatic carbocycles. The van der Waals surface area contributed by atoms with Gasteiger partial charge in [0.2, 0.25) is 0 Å². The molecule has 3 fully saturated rings. The van der Waals surface area contributed by atoms with Crippen molar-refractivity contribution in [2.45, 2.75) is 108 Å². The van der Waals surface area contributed by atoms with Crippen molar-refractivity contribution in [3.8, 4) is 0 Å². The Hall–Kier alpha value is -0.640. The van der Waals surface area contributed by atoms with Gasteiger partial charge in [0, 0.05) is 6.42 Å². The topological polar surface area (TPSA) is 18.5 Å². The minimum atomic E-state index is -5.04. The summed E-state index contributed by atoms with van der Waals surface area (Å²) in [6, 6.07) is 0. The van der Waals surface area contributed by atoms with E-state index in [2.05, 4.69) is 16.4 Å². The molecule has 3 rings (SSSR count). The van der Waals surface area contributed by atoms with Gasteiger partial charge < -0.3 is 4.74 Å². The molecule has 0 aromatic carbocycles. The SMILES string of the molecule is CC1CCC(C2CC(F)C(C(F)(F)OC3CCC(OC(F)(F)F)C(F)C3)C(F)C2)CC1. The Morgan fingerprint density at radius 1 is 0.645 bits per heavy atom. The van der Waals surface area contributed by atoms with Crippen molar-refractivity contribution in [2.75, 3.05) is 0 Å². The Bertz CT molecular complexity index is 566. The molecule has 3 aliphatic rings. The van der Waals surface area contributed by atoms with Crippen molar-refractivity contribution in [1.82, 2.24) is 0 Å². The number of hydrogen-bond acceptors (Lipinski definition) is 2. The molecule has 182 valence electrons. The van der Waals surface area contributed by atoms with Gasteiger partial charge in [-0.3, -0.25) is 4.74 Å². The monoisotopic (exact) mass is 466 g/mol. The van der Waals surface area contributed by atoms with Gasteiger partial charge in [-0.1, -0.05) is 19.8 Å². The molecule has 2 nitrogen and oxygen atoms in total. The predicted octanol–water partition coefficient (Wildman–Crippen LogP) is 6.92. The van der Waals surface area contributed by atoms with Crippen LogP contribution >= 0.6 is 0 Å². The van der Waals surface area contributed by atoms with E-state index in [1.165, 1.54) is 0 Å². The second kappa shape index (κ2) is 9.69. The second-order valence-corrected chi connectivity index (χ2v) is 9.54. The molecule has 0 saturated heterocycles. The fraction of sp³-hybridized carbons (Fsp3) is 1.00. The highest BCUT2D eigenvalue weighted by molar-refractivity contribution is 4.94. The van der Waals surface area contributed by atoms with E-state index in [0.717, 1.165) is 25.7 Å². The molecule has 10 heteroatoms. The lowest BCUT2D eigenvalue weighted by molar-refractivity contribution is -0.359. The van der Waals surface area contributed by atoms with Crippen molar-refractivity contribution in [2.24, 2.45) is 23.7 Å². The van der Waals surface area contributed by atoms with Crippen molar-refractivity contribution in [3.05, 3.63) is 0 Å². The van der Waals surface area contributed by atoms with E-state index in [1.54, 1.807) is 0 Å². The third kappa shape index (κ3) is 6.45. The first-order chi connectivity index (χ1) is 14.4. The first-order valence-electron chi connectivity index (χ1n) is 11.1. The summed E-state index contributed by atoms with van der Waals surface area (Å²) in [6.07, 6.45) is -17.1. The van der Waals surface area contributed by atoms with Gasteiger partial charge in [-0.25, -0.2) is 13.2 Å². The van der Waals surface area contributed by atoms with Crippen LogP contribution in [0.5, 0.6) is 0 Å². The Labute approximate surface area is 177 Å². The molecule has 3 saturated carbocycles. The van der Waals surface area contributed by atoms with Gasteiger partial charge in [0.25, 0.3) is 0 Å². The number of halogens is 8.